The first-order valence-corrected chi connectivity index (χ1v) is 5.06. The molecule has 0 radical (unpaired) electrons. The van der Waals surface area contributed by atoms with Crippen LogP contribution in [0.1, 0.15) is 19.3 Å². The third-order valence-corrected chi connectivity index (χ3v) is 3.13. The standard InChI is InChI=1S/C10H19NO3.ClH/c1-11(2,3)8-6-4-5-7(9(8)12)10(13)14;/h7-9,12H,4-6H2,1-3H3;1H/t7-,8+,9+;/m0./s1. The minimum Gasteiger partial charge on any atom is -1.00 e. The largest absolute Gasteiger partial charge is 1.00 e. The molecule has 4 nitrogen and oxygen atoms in total. The van der Waals surface area contributed by atoms with Gasteiger partial charge in [-0.25, -0.2) is 0 Å². The van der Waals surface area contributed by atoms with E-state index in [1.165, 1.54) is 0 Å². The number of aliphatic carboxylic acids is 1. The molecule has 0 aromatic rings. The van der Waals surface area contributed by atoms with Crippen molar-refractivity contribution in [2.45, 2.75) is 31.4 Å². The lowest BCUT2D eigenvalue weighted by atomic mass is 9.82. The topological polar surface area (TPSA) is 57.5 Å². The average Bonchev–Trinajstić information content (AvgIpc) is 2.01. The number of quaternary nitrogens is 1. The van der Waals surface area contributed by atoms with Crippen molar-refractivity contribution < 1.29 is 31.9 Å². The Kier molecular flexibility index (Phi) is 5.03. The van der Waals surface area contributed by atoms with E-state index in [1.54, 1.807) is 0 Å². The number of nitrogens with zero attached hydrogens (tertiary/aromatic N) is 1. The van der Waals surface area contributed by atoms with Crippen LogP contribution in [-0.2, 0) is 4.79 Å². The Bertz CT molecular complexity index is 227. The SMILES string of the molecule is C[N+](C)(C)[C@@H]1CCC[C@H](C(=O)O)[C@H]1O.[Cl-]. The van der Waals surface area contributed by atoms with Crippen molar-refractivity contribution in [1.29, 1.82) is 0 Å². The van der Waals surface area contributed by atoms with E-state index in [2.05, 4.69) is 0 Å². The summed E-state index contributed by atoms with van der Waals surface area (Å²) in [6.45, 7) is 0. The van der Waals surface area contributed by atoms with Crippen molar-refractivity contribution in [2.75, 3.05) is 21.1 Å². The number of carboxylic acids is 1. The van der Waals surface area contributed by atoms with Gasteiger partial charge in [0.25, 0.3) is 0 Å². The monoisotopic (exact) mass is 237 g/mol. The maximum absolute atomic E-state index is 10.9. The Labute approximate surface area is 96.9 Å². The van der Waals surface area contributed by atoms with Crippen LogP contribution in [0.25, 0.3) is 0 Å². The van der Waals surface area contributed by atoms with Crippen molar-refractivity contribution in [3.05, 3.63) is 0 Å². The minimum absolute atomic E-state index is 0. The number of likely N-dealkylation sites (N-methyl/N-ethyl adjacent to an activating group) is 1. The molecule has 3 atom stereocenters. The molecule has 1 rings (SSSR count). The molecule has 15 heavy (non-hydrogen) atoms. The fourth-order valence-corrected chi connectivity index (χ4v) is 2.27. The van der Waals surface area contributed by atoms with Gasteiger partial charge in [-0.15, -0.1) is 0 Å². The highest BCUT2D eigenvalue weighted by molar-refractivity contribution is 5.70. The Morgan fingerprint density at radius 1 is 1.27 bits per heavy atom. The highest BCUT2D eigenvalue weighted by atomic mass is 35.5. The number of hydrogen-bond donors (Lipinski definition) is 2. The van der Waals surface area contributed by atoms with Gasteiger partial charge < -0.3 is 27.1 Å². The van der Waals surface area contributed by atoms with E-state index in [1.807, 2.05) is 21.1 Å². The van der Waals surface area contributed by atoms with Crippen LogP contribution in [0.2, 0.25) is 0 Å². The van der Waals surface area contributed by atoms with Crippen LogP contribution >= 0.6 is 0 Å². The number of aliphatic hydroxyl groups excluding tert-OH is 1. The summed E-state index contributed by atoms with van der Waals surface area (Å²) in [5, 5.41) is 18.9. The van der Waals surface area contributed by atoms with Gasteiger partial charge in [-0.1, -0.05) is 0 Å². The molecule has 0 spiro atoms. The summed E-state index contributed by atoms with van der Waals surface area (Å²) in [6.07, 6.45) is 1.71. The van der Waals surface area contributed by atoms with E-state index >= 15 is 0 Å². The summed E-state index contributed by atoms with van der Waals surface area (Å²) in [6, 6.07) is 0.0462. The zero-order valence-electron chi connectivity index (χ0n) is 9.48. The van der Waals surface area contributed by atoms with E-state index in [4.69, 9.17) is 5.11 Å². The van der Waals surface area contributed by atoms with Gasteiger partial charge >= 0.3 is 5.97 Å². The van der Waals surface area contributed by atoms with Crippen molar-refractivity contribution in [1.82, 2.24) is 0 Å². The molecule has 0 saturated heterocycles. The first-order valence-electron chi connectivity index (χ1n) is 5.06. The summed E-state index contributed by atoms with van der Waals surface area (Å²) >= 11 is 0. The van der Waals surface area contributed by atoms with Crippen LogP contribution in [-0.4, -0.2) is 54.0 Å². The van der Waals surface area contributed by atoms with Crippen molar-refractivity contribution in [3.63, 3.8) is 0 Å². The predicted molar refractivity (Wildman–Crippen MR) is 52.8 cm³/mol. The molecule has 0 aromatic carbocycles. The molecule has 0 bridgehead atoms. The average molecular weight is 238 g/mol. The van der Waals surface area contributed by atoms with Crippen LogP contribution in [0, 0.1) is 5.92 Å². The number of carboxylic acid groups (broad SMARTS) is 1. The lowest BCUT2D eigenvalue weighted by molar-refractivity contribution is -0.901. The Morgan fingerprint density at radius 3 is 2.20 bits per heavy atom. The fraction of sp³-hybridized carbons (Fsp3) is 0.900. The third kappa shape index (κ3) is 3.33. The molecular weight excluding hydrogens is 218 g/mol. The molecular formula is C10H20ClNO3. The van der Waals surface area contributed by atoms with Gasteiger partial charge in [-0.2, -0.15) is 0 Å². The number of carbonyl (C=O) groups is 1. The quantitative estimate of drug-likeness (QED) is 0.515. The summed E-state index contributed by atoms with van der Waals surface area (Å²) in [7, 11) is 5.99. The van der Waals surface area contributed by atoms with E-state index in [-0.39, 0.29) is 18.4 Å². The lowest BCUT2D eigenvalue weighted by Crippen LogP contribution is -3.00. The zero-order valence-corrected chi connectivity index (χ0v) is 10.2. The van der Waals surface area contributed by atoms with E-state index in [0.717, 1.165) is 12.8 Å². The maximum atomic E-state index is 10.9. The molecule has 0 aromatic heterocycles. The van der Waals surface area contributed by atoms with Crippen LogP contribution in [0.15, 0.2) is 0 Å². The molecule has 2 N–H and O–H groups in total. The van der Waals surface area contributed by atoms with E-state index < -0.39 is 18.0 Å². The molecule has 0 aliphatic heterocycles. The molecule has 0 heterocycles. The molecule has 0 unspecified atom stereocenters. The summed E-state index contributed by atoms with van der Waals surface area (Å²) < 4.78 is 0.630. The third-order valence-electron chi connectivity index (χ3n) is 3.13. The van der Waals surface area contributed by atoms with Gasteiger partial charge in [0.15, 0.2) is 0 Å². The Balaban J connectivity index is 0.00000196. The van der Waals surface area contributed by atoms with E-state index in [0.29, 0.717) is 10.9 Å². The smallest absolute Gasteiger partial charge is 0.309 e. The normalized spacial score (nSPS) is 31.9. The predicted octanol–water partition coefficient (Wildman–Crippen LogP) is -2.69. The summed E-state index contributed by atoms with van der Waals surface area (Å²) in [4.78, 5) is 10.9. The van der Waals surface area contributed by atoms with Crippen molar-refractivity contribution in [2.24, 2.45) is 5.92 Å². The molecule has 90 valence electrons. The second kappa shape index (κ2) is 5.14. The lowest BCUT2D eigenvalue weighted by Gasteiger charge is -2.41. The van der Waals surface area contributed by atoms with Crippen molar-refractivity contribution >= 4 is 5.97 Å². The van der Waals surface area contributed by atoms with Gasteiger partial charge in [-0.3, -0.25) is 4.79 Å². The number of rotatable bonds is 2. The Hall–Kier alpha value is -0.320. The van der Waals surface area contributed by atoms with Gasteiger partial charge in [0.05, 0.1) is 27.1 Å². The number of aliphatic hydroxyl groups is 1. The van der Waals surface area contributed by atoms with Gasteiger partial charge in [-0.05, 0) is 12.8 Å². The van der Waals surface area contributed by atoms with Crippen LogP contribution in [0.5, 0.6) is 0 Å². The highest BCUT2D eigenvalue weighted by Gasteiger charge is 2.42. The van der Waals surface area contributed by atoms with Crippen LogP contribution in [0.3, 0.4) is 0 Å². The van der Waals surface area contributed by atoms with Crippen molar-refractivity contribution in [3.8, 4) is 0 Å². The highest BCUT2D eigenvalue weighted by Crippen LogP contribution is 2.29. The first kappa shape index (κ1) is 14.7. The fourth-order valence-electron chi connectivity index (χ4n) is 2.27. The number of hydrogen-bond acceptors (Lipinski definition) is 2. The zero-order chi connectivity index (χ0) is 10.9. The second-order valence-electron chi connectivity index (χ2n) is 5.05. The van der Waals surface area contributed by atoms with Gasteiger partial charge in [0, 0.05) is 6.42 Å². The van der Waals surface area contributed by atoms with Gasteiger partial charge in [0.1, 0.15) is 12.1 Å². The second-order valence-corrected chi connectivity index (χ2v) is 5.05. The minimum atomic E-state index is -0.865. The molecule has 1 aliphatic carbocycles. The molecule has 1 aliphatic rings. The van der Waals surface area contributed by atoms with Gasteiger partial charge in [0.2, 0.25) is 0 Å². The van der Waals surface area contributed by atoms with Crippen LogP contribution < -0.4 is 12.4 Å². The molecule has 0 amide bonds. The van der Waals surface area contributed by atoms with E-state index in [9.17, 15) is 9.90 Å². The number of halogens is 1. The molecule has 1 saturated carbocycles. The maximum Gasteiger partial charge on any atom is 0.309 e. The first-order chi connectivity index (χ1) is 6.34. The molecule has 1 fully saturated rings. The molecule has 5 heteroatoms. The summed E-state index contributed by atoms with van der Waals surface area (Å²) in [5.41, 5.74) is 0. The van der Waals surface area contributed by atoms with Crippen LogP contribution in [0.4, 0.5) is 0 Å². The Morgan fingerprint density at radius 2 is 1.80 bits per heavy atom. The summed E-state index contributed by atoms with van der Waals surface area (Å²) in [5.74, 6) is -1.44.